The van der Waals surface area contributed by atoms with Gasteiger partial charge in [-0.2, -0.15) is 0 Å². The molecule has 1 rings (SSSR count). The molecule has 0 aromatic rings. The van der Waals surface area contributed by atoms with Crippen LogP contribution in [0.1, 0.15) is 47.5 Å². The highest BCUT2D eigenvalue weighted by Crippen LogP contribution is 2.48. The number of hydrogen-bond acceptors (Lipinski definition) is 4. The summed E-state index contributed by atoms with van der Waals surface area (Å²) in [5.41, 5.74) is 0. The van der Waals surface area contributed by atoms with Crippen molar-refractivity contribution in [1.82, 2.24) is 4.72 Å². The third-order valence-electron chi connectivity index (χ3n) is 3.05. The number of carbonyl (C=O) groups is 1. The zero-order chi connectivity index (χ0) is 14.7. The first-order valence-electron chi connectivity index (χ1n) is 6.71. The molecular weight excluding hydrogens is 298 g/mol. The van der Waals surface area contributed by atoms with Crippen LogP contribution in [0, 0.1) is 0 Å². The maximum atomic E-state index is 12.3. The minimum atomic E-state index is -1.14. The smallest absolute Gasteiger partial charge is 0.157 e. The van der Waals surface area contributed by atoms with E-state index in [9.17, 15) is 9.00 Å². The summed E-state index contributed by atoms with van der Waals surface area (Å²) in [6, 6.07) is -0.0208. The average molecular weight is 324 g/mol. The van der Waals surface area contributed by atoms with Crippen molar-refractivity contribution < 1.29 is 9.00 Å². The van der Waals surface area contributed by atoms with E-state index in [0.29, 0.717) is 0 Å². The van der Waals surface area contributed by atoms with Crippen LogP contribution in [0.15, 0.2) is 0 Å². The molecule has 1 fully saturated rings. The molecule has 112 valence electrons. The van der Waals surface area contributed by atoms with Gasteiger partial charge < -0.3 is 0 Å². The van der Waals surface area contributed by atoms with Crippen molar-refractivity contribution in [3.8, 4) is 0 Å². The summed E-state index contributed by atoms with van der Waals surface area (Å²) in [4.78, 5) is 12.1. The third-order valence-corrected chi connectivity index (χ3v) is 8.44. The Bertz CT molecular complexity index is 346. The number of nitrogens with one attached hydrogen (secondary N) is 1. The summed E-state index contributed by atoms with van der Waals surface area (Å²) in [5, 5.41) is 0. The van der Waals surface area contributed by atoms with Crippen molar-refractivity contribution in [3.05, 3.63) is 0 Å². The quantitative estimate of drug-likeness (QED) is 0.816. The van der Waals surface area contributed by atoms with E-state index < -0.39 is 15.1 Å². The molecule has 0 radical (unpaired) electrons. The van der Waals surface area contributed by atoms with Gasteiger partial charge >= 0.3 is 0 Å². The van der Waals surface area contributed by atoms with Crippen LogP contribution in [0.4, 0.5) is 0 Å². The van der Waals surface area contributed by atoms with Gasteiger partial charge in [-0.25, -0.2) is 8.93 Å². The topological polar surface area (TPSA) is 46.2 Å². The lowest BCUT2D eigenvalue weighted by molar-refractivity contribution is -0.117. The maximum absolute atomic E-state index is 12.3. The van der Waals surface area contributed by atoms with E-state index in [2.05, 4.69) is 11.6 Å². The van der Waals surface area contributed by atoms with Gasteiger partial charge in [0.2, 0.25) is 0 Å². The summed E-state index contributed by atoms with van der Waals surface area (Å²) < 4.78 is 14.8. The fourth-order valence-electron chi connectivity index (χ4n) is 2.00. The van der Waals surface area contributed by atoms with E-state index >= 15 is 0 Å². The van der Waals surface area contributed by atoms with Gasteiger partial charge in [0.15, 0.2) is 5.78 Å². The SMILES string of the molecule is CCCC(NS(=O)C(C)(C)C)C1(C(C)=O)SCCS1. The summed E-state index contributed by atoms with van der Waals surface area (Å²) in [6.07, 6.45) is 1.86. The van der Waals surface area contributed by atoms with Gasteiger partial charge in [0.25, 0.3) is 0 Å². The Kier molecular flexibility index (Phi) is 6.42. The van der Waals surface area contributed by atoms with Gasteiger partial charge in [-0.3, -0.25) is 4.79 Å². The third kappa shape index (κ3) is 4.22. The lowest BCUT2D eigenvalue weighted by Gasteiger charge is -2.35. The van der Waals surface area contributed by atoms with Crippen LogP contribution >= 0.6 is 23.5 Å². The van der Waals surface area contributed by atoms with Crippen LogP contribution in [-0.2, 0) is 15.8 Å². The Balaban J connectivity index is 2.92. The van der Waals surface area contributed by atoms with E-state index in [1.807, 2.05) is 20.8 Å². The molecule has 0 spiro atoms. The van der Waals surface area contributed by atoms with E-state index in [-0.39, 0.29) is 16.6 Å². The molecule has 1 aliphatic heterocycles. The first-order chi connectivity index (χ1) is 8.74. The summed E-state index contributed by atoms with van der Waals surface area (Å²) in [5.74, 6) is 2.18. The Labute approximate surface area is 128 Å². The Morgan fingerprint density at radius 2 is 1.89 bits per heavy atom. The van der Waals surface area contributed by atoms with Gasteiger partial charge in [0.1, 0.15) is 4.08 Å². The predicted octanol–water partition coefficient (Wildman–Crippen LogP) is 2.97. The van der Waals surface area contributed by atoms with E-state index in [1.54, 1.807) is 30.4 Å². The fourth-order valence-corrected chi connectivity index (χ4v) is 6.32. The monoisotopic (exact) mass is 323 g/mol. The second-order valence-electron chi connectivity index (χ2n) is 5.76. The number of carbonyl (C=O) groups excluding carboxylic acids is 1. The van der Waals surface area contributed by atoms with Crippen molar-refractivity contribution >= 4 is 40.3 Å². The molecule has 0 aliphatic carbocycles. The largest absolute Gasteiger partial charge is 0.297 e. The van der Waals surface area contributed by atoms with E-state index in [1.165, 1.54) is 0 Å². The molecule has 2 unspecified atom stereocenters. The first-order valence-corrected chi connectivity index (χ1v) is 9.83. The Hall–Kier alpha value is 0.480. The molecule has 6 heteroatoms. The zero-order valence-corrected chi connectivity index (χ0v) is 14.9. The molecule has 0 aromatic carbocycles. The standard InChI is InChI=1S/C13H25NO2S3/c1-6-7-11(14-19(16)12(3,4)5)13(10(2)15)17-8-9-18-13/h11,14H,6-9H2,1-5H3. The summed E-state index contributed by atoms with van der Waals surface area (Å²) >= 11 is 3.43. The molecule has 0 amide bonds. The van der Waals surface area contributed by atoms with Crippen molar-refractivity contribution in [1.29, 1.82) is 0 Å². The van der Waals surface area contributed by atoms with E-state index in [4.69, 9.17) is 0 Å². The summed E-state index contributed by atoms with van der Waals surface area (Å²) in [7, 11) is -1.14. The van der Waals surface area contributed by atoms with Gasteiger partial charge in [0.05, 0.1) is 21.8 Å². The molecule has 1 N–H and O–H groups in total. The second-order valence-corrected chi connectivity index (χ2v) is 10.7. The average Bonchev–Trinajstić information content (AvgIpc) is 2.77. The second kappa shape index (κ2) is 6.96. The van der Waals surface area contributed by atoms with Gasteiger partial charge in [-0.1, -0.05) is 13.3 Å². The highest BCUT2D eigenvalue weighted by Gasteiger charge is 2.48. The number of ketones is 1. The van der Waals surface area contributed by atoms with Crippen LogP contribution in [0.25, 0.3) is 0 Å². The molecule has 0 aromatic heterocycles. The number of Topliss-reactive ketones (excluding diaryl/α,β-unsaturated/α-hetero) is 1. The highest BCUT2D eigenvalue weighted by atomic mass is 32.2. The van der Waals surface area contributed by atoms with Crippen LogP contribution in [0.5, 0.6) is 0 Å². The molecule has 19 heavy (non-hydrogen) atoms. The molecule has 2 atom stereocenters. The normalized spacial score (nSPS) is 22.2. The van der Waals surface area contributed by atoms with Crippen molar-refractivity contribution in [2.75, 3.05) is 11.5 Å². The molecular formula is C13H25NO2S3. The van der Waals surface area contributed by atoms with Crippen LogP contribution in [-0.4, -0.2) is 36.4 Å². The van der Waals surface area contributed by atoms with Gasteiger partial charge in [0, 0.05) is 11.5 Å². The molecule has 1 aliphatic rings. The van der Waals surface area contributed by atoms with E-state index in [0.717, 1.165) is 24.3 Å². The van der Waals surface area contributed by atoms with Gasteiger partial charge in [-0.05, 0) is 34.1 Å². The molecule has 1 saturated heterocycles. The van der Waals surface area contributed by atoms with Crippen molar-refractivity contribution in [2.24, 2.45) is 0 Å². The number of hydrogen-bond donors (Lipinski definition) is 1. The highest BCUT2D eigenvalue weighted by molar-refractivity contribution is 8.22. The zero-order valence-electron chi connectivity index (χ0n) is 12.4. The number of rotatable bonds is 6. The lowest BCUT2D eigenvalue weighted by Crippen LogP contribution is -2.52. The minimum absolute atomic E-state index is 0.0208. The molecule has 1 heterocycles. The summed E-state index contributed by atoms with van der Waals surface area (Å²) in [6.45, 7) is 9.62. The first kappa shape index (κ1) is 17.5. The predicted molar refractivity (Wildman–Crippen MR) is 88.1 cm³/mol. The fraction of sp³-hybridized carbons (Fsp3) is 0.923. The van der Waals surface area contributed by atoms with Crippen LogP contribution in [0.3, 0.4) is 0 Å². The minimum Gasteiger partial charge on any atom is -0.297 e. The van der Waals surface area contributed by atoms with Crippen LogP contribution < -0.4 is 4.72 Å². The lowest BCUT2D eigenvalue weighted by atomic mass is 10.1. The molecule has 0 saturated carbocycles. The molecule has 3 nitrogen and oxygen atoms in total. The van der Waals surface area contributed by atoms with Crippen LogP contribution in [0.2, 0.25) is 0 Å². The van der Waals surface area contributed by atoms with Crippen molar-refractivity contribution in [3.63, 3.8) is 0 Å². The number of thioether (sulfide) groups is 2. The Morgan fingerprint density at radius 3 is 2.26 bits per heavy atom. The molecule has 0 bridgehead atoms. The maximum Gasteiger partial charge on any atom is 0.157 e. The van der Waals surface area contributed by atoms with Gasteiger partial charge in [-0.15, -0.1) is 23.5 Å². The Morgan fingerprint density at radius 1 is 1.37 bits per heavy atom. The van der Waals surface area contributed by atoms with Crippen molar-refractivity contribution in [2.45, 2.75) is 62.3 Å².